The Kier molecular flexibility index (Phi) is 9.84. The number of rotatable bonds is 0. The number of benzene rings is 1. The van der Waals surface area contributed by atoms with Crippen LogP contribution in [0.15, 0.2) is 30.3 Å². The van der Waals surface area contributed by atoms with Gasteiger partial charge in [0.1, 0.15) is 0 Å². The molecule has 0 radical (unpaired) electrons. The van der Waals surface area contributed by atoms with Crippen LogP contribution in [-0.2, 0) is 17.1 Å². The summed E-state index contributed by atoms with van der Waals surface area (Å²) in [5.74, 6) is 0. The van der Waals surface area contributed by atoms with Gasteiger partial charge >= 0.3 is 17.1 Å². The van der Waals surface area contributed by atoms with Gasteiger partial charge in [-0.25, -0.2) is 0 Å². The summed E-state index contributed by atoms with van der Waals surface area (Å²) < 4.78 is 0. The van der Waals surface area contributed by atoms with Crippen molar-refractivity contribution in [2.75, 3.05) is 0 Å². The van der Waals surface area contributed by atoms with Crippen molar-refractivity contribution >= 4 is 0 Å². The second kappa shape index (κ2) is 8.23. The first-order valence-corrected chi connectivity index (χ1v) is 2.63. The van der Waals surface area contributed by atoms with Crippen molar-refractivity contribution in [3.63, 3.8) is 0 Å². The summed E-state index contributed by atoms with van der Waals surface area (Å²) >= 11 is 0. The van der Waals surface area contributed by atoms with Crippen molar-refractivity contribution in [2.45, 2.75) is 6.92 Å². The molecule has 0 spiro atoms. The van der Waals surface area contributed by atoms with Crippen LogP contribution in [0.3, 0.4) is 0 Å². The molecular weight excluding hydrogens is 174 g/mol. The van der Waals surface area contributed by atoms with Gasteiger partial charge in [-0.05, 0) is 6.92 Å². The first-order chi connectivity index (χ1) is 4.39. The molecule has 0 aliphatic heterocycles. The molecule has 0 fully saturated rings. The van der Waals surface area contributed by atoms with E-state index in [-0.39, 0.29) is 17.1 Å². The predicted molar refractivity (Wildman–Crippen MR) is 36.1 cm³/mol. The van der Waals surface area contributed by atoms with E-state index in [0.717, 1.165) is 0 Å². The van der Waals surface area contributed by atoms with Gasteiger partial charge in [0.15, 0.2) is 0 Å². The summed E-state index contributed by atoms with van der Waals surface area (Å²) in [5, 5.41) is 6.25. The van der Waals surface area contributed by atoms with E-state index in [1.165, 1.54) is 5.56 Å². The van der Waals surface area contributed by atoms with Crippen LogP contribution in [0.4, 0.5) is 0 Å². The first kappa shape index (κ1) is 12.0. The Morgan fingerprint density at radius 3 is 1.70 bits per heavy atom. The third-order valence-corrected chi connectivity index (χ3v) is 0.940. The van der Waals surface area contributed by atoms with Gasteiger partial charge < -0.3 is 11.8 Å². The number of aryl methyl sites for hydroxylation is 1. The topological polar surface area (TPSA) is 23.8 Å². The normalized spacial score (nSPS) is 6.30. The fourth-order valence-electron chi connectivity index (χ4n) is 0.534. The monoisotopic (exact) mass is 181 g/mol. The second-order valence-corrected chi connectivity index (χ2v) is 1.65. The predicted octanol–water partition coefficient (Wildman–Crippen LogP) is 2.09. The summed E-state index contributed by atoms with van der Waals surface area (Å²) in [7, 11) is 0. The molecule has 0 aromatic heterocycles. The SMILES string of the molecule is Cc1ccccc1.[C-]#N.[Cu+]. The Labute approximate surface area is 72.2 Å². The first-order valence-electron chi connectivity index (χ1n) is 2.63. The molecule has 0 saturated carbocycles. The average molecular weight is 182 g/mol. The van der Waals surface area contributed by atoms with Crippen LogP contribution in [0.2, 0.25) is 0 Å². The molecule has 1 aromatic rings. The zero-order valence-corrected chi connectivity index (χ0v) is 6.58. The summed E-state index contributed by atoms with van der Waals surface area (Å²) in [6.07, 6.45) is 0. The summed E-state index contributed by atoms with van der Waals surface area (Å²) in [4.78, 5) is 0. The Bertz CT molecular complexity index is 169. The number of nitrogens with zero attached hydrogens (tertiary/aromatic N) is 1. The van der Waals surface area contributed by atoms with Crippen molar-refractivity contribution in [3.05, 3.63) is 42.5 Å². The van der Waals surface area contributed by atoms with Crippen LogP contribution in [0.1, 0.15) is 5.56 Å². The van der Waals surface area contributed by atoms with Gasteiger partial charge in [0.05, 0.1) is 0 Å². The van der Waals surface area contributed by atoms with Crippen LogP contribution < -0.4 is 0 Å². The Morgan fingerprint density at radius 1 is 1.10 bits per heavy atom. The maximum absolute atomic E-state index is 6.25. The van der Waals surface area contributed by atoms with Crippen LogP contribution >= 0.6 is 0 Å². The molecule has 1 nitrogen and oxygen atoms in total. The molecule has 0 atom stereocenters. The smallest absolute Gasteiger partial charge is 0.512 e. The fraction of sp³-hybridized carbons (Fsp3) is 0.125. The van der Waals surface area contributed by atoms with E-state index in [9.17, 15) is 0 Å². The van der Waals surface area contributed by atoms with Gasteiger partial charge in [0, 0.05) is 0 Å². The van der Waals surface area contributed by atoms with Gasteiger partial charge in [-0.1, -0.05) is 35.9 Å². The minimum absolute atomic E-state index is 0. The maximum atomic E-state index is 6.25. The van der Waals surface area contributed by atoms with Crippen molar-refractivity contribution in [2.24, 2.45) is 0 Å². The molecule has 1 aromatic carbocycles. The minimum Gasteiger partial charge on any atom is -0.512 e. The third kappa shape index (κ3) is 5.37. The molecule has 0 heterocycles. The van der Waals surface area contributed by atoms with Crippen molar-refractivity contribution in [3.8, 4) is 0 Å². The molecule has 10 heavy (non-hydrogen) atoms. The number of hydrogen-bond donors (Lipinski definition) is 0. The van der Waals surface area contributed by atoms with Gasteiger partial charge in [-0.15, -0.1) is 0 Å². The van der Waals surface area contributed by atoms with Gasteiger partial charge in [-0.3, -0.25) is 0 Å². The summed E-state index contributed by atoms with van der Waals surface area (Å²) in [6, 6.07) is 10.3. The van der Waals surface area contributed by atoms with Gasteiger partial charge in [0.25, 0.3) is 0 Å². The zero-order chi connectivity index (χ0) is 7.11. The summed E-state index contributed by atoms with van der Waals surface area (Å²) in [5.41, 5.74) is 1.32. The van der Waals surface area contributed by atoms with Crippen molar-refractivity contribution in [1.82, 2.24) is 0 Å². The second-order valence-electron chi connectivity index (χ2n) is 1.65. The Balaban J connectivity index is 0. The van der Waals surface area contributed by atoms with Crippen LogP contribution in [0.5, 0.6) is 0 Å². The van der Waals surface area contributed by atoms with Gasteiger partial charge in [0.2, 0.25) is 0 Å². The largest absolute Gasteiger partial charge is 1.00 e. The fourth-order valence-corrected chi connectivity index (χ4v) is 0.534. The van der Waals surface area contributed by atoms with Gasteiger partial charge in [-0.2, -0.15) is 0 Å². The quantitative estimate of drug-likeness (QED) is 0.444. The van der Waals surface area contributed by atoms with E-state index < -0.39 is 0 Å². The maximum Gasteiger partial charge on any atom is 1.00 e. The van der Waals surface area contributed by atoms with E-state index in [1.54, 1.807) is 0 Å². The molecule has 1 rings (SSSR count). The van der Waals surface area contributed by atoms with Crippen LogP contribution in [0, 0.1) is 18.8 Å². The standard InChI is InChI=1S/C7H8.CN.Cu/c1-7-5-3-2-4-6-7;1-2;/h2-6H,1H3;;/q;-1;+1. The van der Waals surface area contributed by atoms with E-state index >= 15 is 0 Å². The molecule has 2 heteroatoms. The molecule has 0 saturated heterocycles. The molecule has 0 aliphatic rings. The van der Waals surface area contributed by atoms with Crippen molar-refractivity contribution < 1.29 is 17.1 Å². The van der Waals surface area contributed by atoms with Crippen LogP contribution in [-0.4, -0.2) is 0 Å². The minimum atomic E-state index is 0. The Morgan fingerprint density at radius 2 is 1.50 bits per heavy atom. The molecule has 0 N–H and O–H groups in total. The Hall–Kier alpha value is -0.771. The number of hydrogen-bond acceptors (Lipinski definition) is 1. The van der Waals surface area contributed by atoms with Crippen LogP contribution in [0.25, 0.3) is 0 Å². The zero-order valence-electron chi connectivity index (χ0n) is 5.64. The van der Waals surface area contributed by atoms with E-state index in [2.05, 4.69) is 19.1 Å². The molecule has 0 unspecified atom stereocenters. The molecule has 56 valence electrons. The summed E-state index contributed by atoms with van der Waals surface area (Å²) in [6.45, 7) is 6.83. The molecular formula is C8H8CuN. The van der Waals surface area contributed by atoms with E-state index in [0.29, 0.717) is 0 Å². The third-order valence-electron chi connectivity index (χ3n) is 0.940. The average Bonchev–Trinajstić information content (AvgIpc) is 1.94. The van der Waals surface area contributed by atoms with E-state index in [1.807, 2.05) is 18.2 Å². The van der Waals surface area contributed by atoms with E-state index in [4.69, 9.17) is 11.8 Å². The van der Waals surface area contributed by atoms with Crippen molar-refractivity contribution in [1.29, 1.82) is 5.26 Å². The molecule has 0 amide bonds. The molecule has 0 aliphatic carbocycles. The molecule has 0 bridgehead atoms.